The summed E-state index contributed by atoms with van der Waals surface area (Å²) in [5.41, 5.74) is -0.295. The van der Waals surface area contributed by atoms with E-state index in [0.29, 0.717) is 12.4 Å². The van der Waals surface area contributed by atoms with Crippen molar-refractivity contribution in [1.29, 1.82) is 0 Å². The average molecular weight is 555 g/mol. The summed E-state index contributed by atoms with van der Waals surface area (Å²) < 4.78 is 85.2. The van der Waals surface area contributed by atoms with E-state index >= 15 is 4.39 Å². The van der Waals surface area contributed by atoms with Gasteiger partial charge in [-0.1, -0.05) is 23.7 Å². The number of anilines is 1. The van der Waals surface area contributed by atoms with Crippen LogP contribution >= 0.6 is 18.7 Å². The number of halogens is 6. The van der Waals surface area contributed by atoms with E-state index in [4.69, 9.17) is 11.6 Å². The molecule has 0 aliphatic rings. The smallest absolute Gasteiger partial charge is 0.269 e. The van der Waals surface area contributed by atoms with Gasteiger partial charge >= 0.3 is 0 Å². The lowest BCUT2D eigenvalue weighted by atomic mass is 10.00. The van der Waals surface area contributed by atoms with Gasteiger partial charge < -0.3 is 9.88 Å². The van der Waals surface area contributed by atoms with E-state index in [-0.39, 0.29) is 38.7 Å². The van der Waals surface area contributed by atoms with Crippen LogP contribution in [0.1, 0.15) is 24.2 Å². The van der Waals surface area contributed by atoms with Crippen molar-refractivity contribution < 1.29 is 26.5 Å². The van der Waals surface area contributed by atoms with Gasteiger partial charge in [-0.2, -0.15) is 0 Å². The molecule has 0 aliphatic heterocycles. The molecule has 3 aromatic heterocycles. The average Bonchev–Trinajstić information content (AvgIpc) is 2.80. The first-order chi connectivity index (χ1) is 17.2. The summed E-state index contributed by atoms with van der Waals surface area (Å²) in [5, 5.41) is 2.41. The second-order valence-corrected chi connectivity index (χ2v) is 12.5. The Balaban J connectivity index is 1.91. The first-order valence-corrected chi connectivity index (χ1v) is 13.9. The molecular formula is C25H21ClF5N4OP. The second-order valence-electron chi connectivity index (χ2n) is 9.01. The van der Waals surface area contributed by atoms with E-state index < -0.39 is 42.1 Å². The molecule has 0 radical (unpaired) electrons. The lowest BCUT2D eigenvalue weighted by Gasteiger charge is -2.27. The Hall–Kier alpha value is -3.10. The Morgan fingerprint density at radius 1 is 1.05 bits per heavy atom. The van der Waals surface area contributed by atoms with E-state index in [2.05, 4.69) is 20.3 Å². The van der Waals surface area contributed by atoms with Crippen LogP contribution in [0.15, 0.2) is 42.6 Å². The molecule has 3 heterocycles. The van der Waals surface area contributed by atoms with E-state index in [1.54, 1.807) is 13.3 Å². The van der Waals surface area contributed by atoms with Gasteiger partial charge in [0.25, 0.3) is 5.92 Å². The molecular weight excluding hydrogens is 534 g/mol. The number of nitrogens with zero attached hydrogens (tertiary/aromatic N) is 3. The van der Waals surface area contributed by atoms with Crippen molar-refractivity contribution in [3.05, 3.63) is 76.3 Å². The second kappa shape index (κ2) is 9.65. The molecule has 0 aliphatic carbocycles. The topological polar surface area (TPSA) is 67.8 Å². The third-order valence-electron chi connectivity index (χ3n) is 5.68. The van der Waals surface area contributed by atoms with Gasteiger partial charge in [-0.25, -0.2) is 31.9 Å². The Kier molecular flexibility index (Phi) is 7.03. The monoisotopic (exact) mass is 554 g/mol. The Bertz CT molecular complexity index is 1550. The molecule has 1 aromatic carbocycles. The fourth-order valence-electron chi connectivity index (χ4n) is 3.81. The van der Waals surface area contributed by atoms with Crippen LogP contribution in [0.5, 0.6) is 0 Å². The van der Waals surface area contributed by atoms with Crippen molar-refractivity contribution in [3.63, 3.8) is 0 Å². The van der Waals surface area contributed by atoms with Crippen LogP contribution in [0.2, 0.25) is 5.02 Å². The number of hydrogen-bond acceptors (Lipinski definition) is 5. The largest absolute Gasteiger partial charge is 0.370 e. The van der Waals surface area contributed by atoms with Crippen molar-refractivity contribution in [2.24, 2.45) is 0 Å². The Morgan fingerprint density at radius 2 is 1.76 bits per heavy atom. The van der Waals surface area contributed by atoms with Gasteiger partial charge in [-0.15, -0.1) is 0 Å². The van der Waals surface area contributed by atoms with Crippen LogP contribution in [-0.4, -0.2) is 34.2 Å². The molecule has 0 saturated heterocycles. The summed E-state index contributed by atoms with van der Waals surface area (Å²) in [5.74, 6) is -7.09. The van der Waals surface area contributed by atoms with Gasteiger partial charge in [0.1, 0.15) is 24.4 Å². The molecule has 4 rings (SSSR count). The Morgan fingerprint density at radius 3 is 2.35 bits per heavy atom. The maximum Gasteiger partial charge on any atom is 0.269 e. The number of aryl methyl sites for hydroxylation is 1. The van der Waals surface area contributed by atoms with Crippen molar-refractivity contribution in [1.82, 2.24) is 15.0 Å². The number of fused-ring (bicyclic) bond motifs is 1. The minimum Gasteiger partial charge on any atom is -0.370 e. The summed E-state index contributed by atoms with van der Waals surface area (Å²) in [4.78, 5) is 12.6. The molecule has 0 saturated carbocycles. The number of alkyl halides is 2. The fourth-order valence-corrected chi connectivity index (χ4v) is 4.76. The third kappa shape index (κ3) is 5.31. The molecule has 194 valence electrons. The van der Waals surface area contributed by atoms with Crippen LogP contribution < -0.4 is 10.8 Å². The number of nitrogens with one attached hydrogen (secondary N) is 1. The number of pyridine rings is 3. The van der Waals surface area contributed by atoms with Gasteiger partial charge in [-0.05, 0) is 38.5 Å². The molecule has 1 N–H and O–H groups in total. The molecule has 0 fully saturated rings. The Labute approximate surface area is 214 Å². The summed E-state index contributed by atoms with van der Waals surface area (Å²) in [6, 6.07) is 4.94. The SMILES string of the molecule is Cc1nc2cc(F)c(-c3ccc(P(C)(C)=O)nc3)nc2c(NC(c2cccc(F)c2F)C(C)(F)F)c1Cl. The fraction of sp³-hybridized carbons (Fsp3) is 0.240. The highest BCUT2D eigenvalue weighted by Crippen LogP contribution is 2.41. The van der Waals surface area contributed by atoms with Gasteiger partial charge in [0.15, 0.2) is 17.5 Å². The van der Waals surface area contributed by atoms with E-state index in [1.165, 1.54) is 25.3 Å². The lowest BCUT2D eigenvalue weighted by molar-refractivity contribution is -0.000350. The van der Waals surface area contributed by atoms with E-state index in [9.17, 15) is 22.1 Å². The zero-order chi connectivity index (χ0) is 27.3. The highest BCUT2D eigenvalue weighted by molar-refractivity contribution is 7.69. The minimum absolute atomic E-state index is 0.000250. The summed E-state index contributed by atoms with van der Waals surface area (Å²) in [6.45, 7) is 5.11. The molecule has 0 bridgehead atoms. The highest BCUT2D eigenvalue weighted by atomic mass is 35.5. The normalized spacial score (nSPS) is 13.1. The quantitative estimate of drug-likeness (QED) is 0.203. The van der Waals surface area contributed by atoms with Crippen molar-refractivity contribution in [2.45, 2.75) is 25.8 Å². The summed E-state index contributed by atoms with van der Waals surface area (Å²) >= 11 is 6.42. The van der Waals surface area contributed by atoms with Gasteiger partial charge in [0.2, 0.25) is 0 Å². The number of benzene rings is 1. The molecule has 1 atom stereocenters. The van der Waals surface area contributed by atoms with Gasteiger partial charge in [-0.3, -0.25) is 4.98 Å². The van der Waals surface area contributed by atoms with E-state index in [1.807, 2.05) is 0 Å². The first kappa shape index (κ1) is 26.9. The molecule has 12 heteroatoms. The zero-order valence-electron chi connectivity index (χ0n) is 20.1. The third-order valence-corrected chi connectivity index (χ3v) is 7.51. The molecule has 37 heavy (non-hydrogen) atoms. The predicted octanol–water partition coefficient (Wildman–Crippen LogP) is 7.13. The summed E-state index contributed by atoms with van der Waals surface area (Å²) in [7, 11) is -2.66. The molecule has 1 unspecified atom stereocenters. The highest BCUT2D eigenvalue weighted by Gasteiger charge is 2.39. The number of rotatable bonds is 6. The lowest BCUT2D eigenvalue weighted by Crippen LogP contribution is -2.30. The van der Waals surface area contributed by atoms with Crippen LogP contribution in [0.25, 0.3) is 22.3 Å². The van der Waals surface area contributed by atoms with Crippen LogP contribution in [0.4, 0.5) is 27.6 Å². The molecule has 0 spiro atoms. The van der Waals surface area contributed by atoms with Crippen molar-refractivity contribution >= 4 is 40.9 Å². The van der Waals surface area contributed by atoms with Crippen molar-refractivity contribution in [2.75, 3.05) is 18.6 Å². The predicted molar refractivity (Wildman–Crippen MR) is 135 cm³/mol. The number of hydrogen-bond donors (Lipinski definition) is 1. The van der Waals surface area contributed by atoms with Crippen LogP contribution in [0.3, 0.4) is 0 Å². The van der Waals surface area contributed by atoms with Gasteiger partial charge in [0.05, 0.1) is 27.4 Å². The minimum atomic E-state index is -3.59. The molecule has 4 aromatic rings. The maximum absolute atomic E-state index is 15.1. The standard InChI is InChI=1S/C25H21ClF5N4OP/c1-12-19(26)23(35-24(25(2,30)31)14-6-5-7-15(27)20(14)29)22-17(33-12)10-16(28)21(34-22)13-8-9-18(32-11-13)37(3,4)36/h5-11,24H,1-4H3,(H,33,35). The zero-order valence-corrected chi connectivity index (χ0v) is 21.7. The van der Waals surface area contributed by atoms with E-state index in [0.717, 1.165) is 24.3 Å². The molecule has 5 nitrogen and oxygen atoms in total. The summed E-state index contributed by atoms with van der Waals surface area (Å²) in [6.07, 6.45) is 1.30. The molecule has 0 amide bonds. The van der Waals surface area contributed by atoms with Gasteiger partial charge in [0, 0.05) is 30.3 Å². The first-order valence-electron chi connectivity index (χ1n) is 10.9. The van der Waals surface area contributed by atoms with Crippen molar-refractivity contribution in [3.8, 4) is 11.3 Å². The number of aromatic nitrogens is 3. The maximum atomic E-state index is 15.1. The van der Waals surface area contributed by atoms with Crippen LogP contribution in [-0.2, 0) is 4.57 Å². The van der Waals surface area contributed by atoms with Crippen LogP contribution in [0, 0.1) is 24.4 Å².